The average molecular weight is 827 g/mol. The number of aromatic nitrogens is 1. The zero-order valence-corrected chi connectivity index (χ0v) is 34.4. The summed E-state index contributed by atoms with van der Waals surface area (Å²) in [6.45, 7) is 6.16. The molecule has 4 aromatic rings. The highest BCUT2D eigenvalue weighted by molar-refractivity contribution is 7.99. The molecule has 3 aromatic carbocycles. The molecule has 0 radical (unpaired) electrons. The predicted octanol–water partition coefficient (Wildman–Crippen LogP) is 4.11. The van der Waals surface area contributed by atoms with Crippen molar-refractivity contribution >= 4 is 40.6 Å². The molecule has 2 fully saturated rings. The number of phenols is 1. The average Bonchev–Trinajstić information content (AvgIpc) is 3.85. The van der Waals surface area contributed by atoms with E-state index in [0.717, 1.165) is 27.6 Å². The van der Waals surface area contributed by atoms with Gasteiger partial charge < -0.3 is 43.6 Å². The van der Waals surface area contributed by atoms with E-state index in [-0.39, 0.29) is 31.5 Å². The van der Waals surface area contributed by atoms with Gasteiger partial charge in [-0.15, -0.1) is 11.8 Å². The predicted molar refractivity (Wildman–Crippen MR) is 214 cm³/mol. The number of hydrogen-bond donors (Lipinski definition) is 4. The maximum Gasteiger partial charge on any atom is 0.333 e. The van der Waals surface area contributed by atoms with Gasteiger partial charge in [-0.25, -0.2) is 4.79 Å². The SMILES string of the molecule is COc1c(C)cc2c(c1O)[C@@H]1[C@@H]3[C@@H]4SC[C@]5(N[C@H](COC(C)=O)Cc6c5[nH]c5ccccc65)C(=O)OC[C@@H](c5c6c(c(C)c(OC(C)=O)c54)OCO6)N3[C@@H](O)[C@H](C2)N1C. The molecule has 2 saturated heterocycles. The Balaban J connectivity index is 1.23. The first kappa shape index (κ1) is 38.2. The zero-order chi connectivity index (χ0) is 41.2. The lowest BCUT2D eigenvalue weighted by Gasteiger charge is -2.62. The van der Waals surface area contributed by atoms with Gasteiger partial charge in [0.15, 0.2) is 28.5 Å². The summed E-state index contributed by atoms with van der Waals surface area (Å²) in [4.78, 5) is 48.0. The molecule has 8 atom stereocenters. The van der Waals surface area contributed by atoms with Gasteiger partial charge in [0.2, 0.25) is 6.79 Å². The summed E-state index contributed by atoms with van der Waals surface area (Å²) in [5.41, 5.74) is 5.19. The summed E-state index contributed by atoms with van der Waals surface area (Å²) in [6.07, 6.45) is -0.147. The molecule has 7 aliphatic heterocycles. The number of methoxy groups -OCH3 is 1. The van der Waals surface area contributed by atoms with Crippen LogP contribution in [0.15, 0.2) is 30.3 Å². The number of hydrogen-bond acceptors (Lipinski definition) is 15. The van der Waals surface area contributed by atoms with Crippen LogP contribution in [0.2, 0.25) is 0 Å². The third kappa shape index (κ3) is 5.45. The molecule has 1 spiro atoms. The van der Waals surface area contributed by atoms with Crippen molar-refractivity contribution in [3.05, 3.63) is 75.0 Å². The van der Waals surface area contributed by atoms with Gasteiger partial charge in [0.25, 0.3) is 0 Å². The van der Waals surface area contributed by atoms with Crippen LogP contribution in [0.3, 0.4) is 0 Å². The first-order valence-electron chi connectivity index (χ1n) is 19.9. The van der Waals surface area contributed by atoms with Crippen molar-refractivity contribution in [1.82, 2.24) is 20.1 Å². The number of aliphatic hydroxyl groups excluding tert-OH is 1. The van der Waals surface area contributed by atoms with Gasteiger partial charge >= 0.3 is 17.9 Å². The molecule has 0 unspecified atom stereocenters. The molecule has 7 aliphatic rings. The lowest BCUT2D eigenvalue weighted by Crippen LogP contribution is -2.70. The second-order valence-corrected chi connectivity index (χ2v) is 17.6. The fourth-order valence-corrected chi connectivity index (χ4v) is 12.5. The molecule has 1 aromatic heterocycles. The number of para-hydroxylation sites is 1. The number of thioether (sulfide) groups is 1. The second kappa shape index (κ2) is 13.8. The van der Waals surface area contributed by atoms with Gasteiger partial charge in [0.1, 0.15) is 25.2 Å². The Morgan fingerprint density at radius 1 is 1.03 bits per heavy atom. The number of ether oxygens (including phenoxy) is 6. The first-order valence-corrected chi connectivity index (χ1v) is 20.9. The summed E-state index contributed by atoms with van der Waals surface area (Å²) in [7, 11) is 3.49. The highest BCUT2D eigenvalue weighted by Gasteiger charge is 2.62. The van der Waals surface area contributed by atoms with Gasteiger partial charge in [-0.2, -0.15) is 0 Å². The fourth-order valence-electron chi connectivity index (χ4n) is 10.9. The maximum absolute atomic E-state index is 15.1. The Morgan fingerprint density at radius 3 is 2.58 bits per heavy atom. The number of aryl methyl sites for hydroxylation is 1. The highest BCUT2D eigenvalue weighted by atomic mass is 32.2. The van der Waals surface area contributed by atoms with E-state index in [0.29, 0.717) is 63.8 Å². The maximum atomic E-state index is 15.1. The summed E-state index contributed by atoms with van der Waals surface area (Å²) in [6, 6.07) is 7.10. The minimum atomic E-state index is -1.47. The van der Waals surface area contributed by atoms with Gasteiger partial charge in [-0.1, -0.05) is 24.3 Å². The van der Waals surface area contributed by atoms with Crippen LogP contribution in [0.4, 0.5) is 0 Å². The van der Waals surface area contributed by atoms with Crippen LogP contribution in [-0.4, -0.2) is 107 Å². The van der Waals surface area contributed by atoms with Crippen molar-refractivity contribution in [2.24, 2.45) is 0 Å². The van der Waals surface area contributed by atoms with Crippen molar-refractivity contribution in [3.8, 4) is 28.7 Å². The number of phenolic OH excluding ortho intramolecular Hbond substituents is 1. The van der Waals surface area contributed by atoms with E-state index in [1.165, 1.54) is 32.7 Å². The third-order valence-electron chi connectivity index (χ3n) is 13.2. The molecule has 0 aliphatic carbocycles. The number of carbonyl (C=O) groups excluding carboxylic acids is 3. The largest absolute Gasteiger partial charge is 0.504 e. The van der Waals surface area contributed by atoms with Crippen LogP contribution < -0.4 is 24.3 Å². The molecular weight excluding hydrogens is 781 g/mol. The van der Waals surface area contributed by atoms with Crippen molar-refractivity contribution in [3.63, 3.8) is 0 Å². The van der Waals surface area contributed by atoms with Crippen LogP contribution in [0.25, 0.3) is 10.9 Å². The molecule has 8 heterocycles. The number of aromatic amines is 1. The molecular formula is C43H46N4O11S. The standard InChI is InChI=1S/C43H46N4O11S/c1-18-11-22-12-27-41(51)47-28-15-55-42(52)43(40-25(13-23(45-43)14-54-20(3)48)24-9-7-8-10-26(24)44-40)16-59-39(33(47)32(46(27)5)29(22)34(50)35(18)53-6)31-30(28)38-37(56-17-57-38)19(2)36(31)58-21(4)49/h7-11,23,27-28,32-33,39,41,44-45,50-51H,12-17H2,1-6H3/t23-,27-,28-,32+,33+,39+,41-,43+/m0/s1. The number of fused-ring (bicyclic) bond motifs is 11. The minimum absolute atomic E-state index is 0.0241. The number of aromatic hydroxyl groups is 1. The summed E-state index contributed by atoms with van der Waals surface area (Å²) in [5, 5.41) is 28.7. The van der Waals surface area contributed by atoms with E-state index < -0.39 is 65.1 Å². The molecule has 15 nitrogen and oxygen atoms in total. The number of benzene rings is 3. The number of esters is 3. The smallest absolute Gasteiger partial charge is 0.333 e. The Hall–Kier alpha value is -5.00. The Kier molecular flexibility index (Phi) is 8.92. The van der Waals surface area contributed by atoms with Gasteiger partial charge in [0, 0.05) is 64.8 Å². The van der Waals surface area contributed by atoms with E-state index in [1.807, 2.05) is 56.1 Å². The Morgan fingerprint density at radius 2 is 1.81 bits per heavy atom. The summed E-state index contributed by atoms with van der Waals surface area (Å²) >= 11 is 1.46. The molecule has 59 heavy (non-hydrogen) atoms. The second-order valence-electron chi connectivity index (χ2n) is 16.4. The van der Waals surface area contributed by atoms with Crippen molar-refractivity contribution in [1.29, 1.82) is 0 Å². The third-order valence-corrected chi connectivity index (χ3v) is 14.7. The number of carbonyl (C=O) groups is 3. The zero-order valence-electron chi connectivity index (χ0n) is 33.5. The molecule has 310 valence electrons. The van der Waals surface area contributed by atoms with Crippen LogP contribution >= 0.6 is 11.8 Å². The molecule has 0 saturated carbocycles. The lowest BCUT2D eigenvalue weighted by atomic mass is 9.73. The van der Waals surface area contributed by atoms with Crippen molar-refractivity contribution in [2.75, 3.05) is 39.9 Å². The molecule has 4 bridgehead atoms. The summed E-state index contributed by atoms with van der Waals surface area (Å²) in [5.74, 6) is 0.179. The molecule has 0 amide bonds. The molecule has 11 rings (SSSR count). The van der Waals surface area contributed by atoms with Gasteiger partial charge in [0.05, 0.1) is 36.2 Å². The number of likely N-dealkylation sites (N-methyl/N-ethyl adjacent to an activating group) is 1. The minimum Gasteiger partial charge on any atom is -0.504 e. The van der Waals surface area contributed by atoms with E-state index in [4.69, 9.17) is 28.4 Å². The van der Waals surface area contributed by atoms with E-state index in [2.05, 4.69) is 15.2 Å². The van der Waals surface area contributed by atoms with Crippen molar-refractivity contribution in [2.45, 2.75) is 87.8 Å². The first-order chi connectivity index (χ1) is 28.3. The fraction of sp³-hybridized carbons (Fsp3) is 0.465. The van der Waals surface area contributed by atoms with E-state index in [9.17, 15) is 19.8 Å². The summed E-state index contributed by atoms with van der Waals surface area (Å²) < 4.78 is 36.3. The lowest BCUT2D eigenvalue weighted by molar-refractivity contribution is -0.186. The van der Waals surface area contributed by atoms with Gasteiger partial charge in [-0.3, -0.25) is 24.7 Å². The molecule has 4 N–H and O–H groups in total. The number of nitrogens with one attached hydrogen (secondary N) is 2. The van der Waals surface area contributed by atoms with Crippen LogP contribution in [0.5, 0.6) is 28.7 Å². The van der Waals surface area contributed by atoms with Crippen LogP contribution in [0.1, 0.15) is 75.8 Å². The van der Waals surface area contributed by atoms with E-state index in [1.54, 1.807) is 0 Å². The highest BCUT2D eigenvalue weighted by Crippen LogP contribution is 2.64. The van der Waals surface area contributed by atoms with E-state index >= 15 is 4.79 Å². The normalized spacial score (nSPS) is 29.3. The van der Waals surface area contributed by atoms with Gasteiger partial charge in [-0.05, 0) is 56.5 Å². The van der Waals surface area contributed by atoms with Crippen LogP contribution in [0, 0.1) is 13.8 Å². The van der Waals surface area contributed by atoms with Crippen molar-refractivity contribution < 1.29 is 53.0 Å². The van der Waals surface area contributed by atoms with Crippen LogP contribution in [-0.2, 0) is 42.2 Å². The number of nitrogens with zero attached hydrogens (tertiary/aromatic N) is 2. The number of rotatable bonds is 4. The number of piperazine rings is 1. The Bertz CT molecular complexity index is 2470. The quantitative estimate of drug-likeness (QED) is 0.170. The number of aliphatic hydroxyl groups is 1. The molecule has 16 heteroatoms. The monoisotopic (exact) mass is 826 g/mol. The topological polar surface area (TPSA) is 181 Å². The number of H-pyrrole nitrogens is 1. The Labute approximate surface area is 344 Å².